The van der Waals surface area contributed by atoms with Gasteiger partial charge >= 0.3 is 21.2 Å². The van der Waals surface area contributed by atoms with E-state index in [4.69, 9.17) is 22.8 Å². The van der Waals surface area contributed by atoms with Crippen LogP contribution in [-0.4, -0.2) is 102 Å². The maximum absolute atomic E-state index is 14.0. The van der Waals surface area contributed by atoms with E-state index in [0.29, 0.717) is 16.5 Å². The van der Waals surface area contributed by atoms with Gasteiger partial charge < -0.3 is 48.6 Å². The molecule has 18 heteroatoms. The molecule has 2 aromatic carbocycles. The third-order valence-electron chi connectivity index (χ3n) is 8.09. The normalized spacial score (nSPS) is 21.1. The Labute approximate surface area is 270 Å². The van der Waals surface area contributed by atoms with Crippen LogP contribution in [0.15, 0.2) is 30.3 Å². The molecule has 4 N–H and O–H groups in total. The minimum absolute atomic E-state index is 0.111. The van der Waals surface area contributed by atoms with Gasteiger partial charge in [-0.15, -0.1) is 11.8 Å². The van der Waals surface area contributed by atoms with Crippen LogP contribution in [0.2, 0.25) is 0 Å². The lowest BCUT2D eigenvalue weighted by atomic mass is 9.95. The van der Waals surface area contributed by atoms with Gasteiger partial charge in [0.25, 0.3) is 11.0 Å². The summed E-state index contributed by atoms with van der Waals surface area (Å²) < 4.78 is 51.9. The number of hydrogen-bond donors (Lipinski definition) is 4. The number of carbonyl (C=O) groups is 3. The molecule has 2 aromatic rings. The smallest absolute Gasteiger partial charge is 0.374 e. The van der Waals surface area contributed by atoms with Gasteiger partial charge in [-0.05, 0) is 37.6 Å². The Morgan fingerprint density at radius 2 is 1.65 bits per heavy atom. The van der Waals surface area contributed by atoms with Gasteiger partial charge in [0.15, 0.2) is 5.75 Å². The first-order chi connectivity index (χ1) is 21.6. The predicted octanol–water partition coefficient (Wildman–Crippen LogP) is 3.90. The molecular formula is C28H39N3O12P2S. The van der Waals surface area contributed by atoms with Crippen LogP contribution < -0.4 is 15.4 Å². The number of amides is 2. The molecule has 254 valence electrons. The van der Waals surface area contributed by atoms with Crippen molar-refractivity contribution in [2.24, 2.45) is 0 Å². The van der Waals surface area contributed by atoms with E-state index in [9.17, 15) is 33.7 Å². The van der Waals surface area contributed by atoms with Gasteiger partial charge in [-0.2, -0.15) is 0 Å². The first kappa shape index (κ1) is 36.2. The molecule has 2 aliphatic heterocycles. The highest BCUT2D eigenvalue weighted by molar-refractivity contribution is 8.01. The molecule has 15 nitrogen and oxygen atoms in total. The molecular weight excluding hydrogens is 664 g/mol. The zero-order valence-corrected chi connectivity index (χ0v) is 29.1. The number of benzene rings is 2. The molecule has 0 radical (unpaired) electrons. The molecule has 46 heavy (non-hydrogen) atoms. The molecule has 2 amide bonds. The summed E-state index contributed by atoms with van der Waals surface area (Å²) in [5, 5.41) is 25.0. The molecule has 0 bridgehead atoms. The molecule has 3 atom stereocenters. The summed E-state index contributed by atoms with van der Waals surface area (Å²) in [6.07, 6.45) is -0.517. The number of rotatable bonds is 15. The van der Waals surface area contributed by atoms with Crippen molar-refractivity contribution in [2.75, 3.05) is 46.9 Å². The third-order valence-corrected chi connectivity index (χ3v) is 15.3. The van der Waals surface area contributed by atoms with E-state index in [1.807, 2.05) is 0 Å². The van der Waals surface area contributed by atoms with E-state index in [-0.39, 0.29) is 24.5 Å². The first-order valence-corrected chi connectivity index (χ1v) is 18.2. The number of aliphatic carboxylic acids is 1. The minimum atomic E-state index is -4.48. The van der Waals surface area contributed by atoms with Gasteiger partial charge in [0.05, 0.1) is 17.9 Å². The quantitative estimate of drug-likeness (QED) is 0.154. The molecule has 0 spiro atoms. The van der Waals surface area contributed by atoms with Gasteiger partial charge in [-0.1, -0.05) is 24.3 Å². The van der Waals surface area contributed by atoms with Gasteiger partial charge in [0.2, 0.25) is 5.91 Å². The van der Waals surface area contributed by atoms with Crippen LogP contribution in [0.3, 0.4) is 0 Å². The van der Waals surface area contributed by atoms with E-state index in [1.165, 1.54) is 16.7 Å². The van der Waals surface area contributed by atoms with Crippen molar-refractivity contribution in [2.45, 2.75) is 54.5 Å². The van der Waals surface area contributed by atoms with Crippen molar-refractivity contribution in [3.63, 3.8) is 0 Å². The molecule has 2 saturated heterocycles. The average Bonchev–Trinajstić information content (AvgIpc) is 3.30. The Morgan fingerprint density at radius 3 is 2.20 bits per heavy atom. The summed E-state index contributed by atoms with van der Waals surface area (Å²) in [5.41, 5.74) is 0.408. The molecule has 0 aromatic heterocycles. The van der Waals surface area contributed by atoms with Gasteiger partial charge in [-0.25, -0.2) is 4.79 Å². The number of β-lactam (4-membered cyclic amide) rings is 1. The second kappa shape index (κ2) is 13.4. The Balaban J connectivity index is 1.69. The lowest BCUT2D eigenvalue weighted by molar-refractivity contribution is -0.159. The Kier molecular flexibility index (Phi) is 10.6. The number of fused-ring (bicyclic) bond motifs is 2. The highest BCUT2D eigenvalue weighted by atomic mass is 32.2. The number of anilines is 1. The summed E-state index contributed by atoms with van der Waals surface area (Å²) in [5.74, 6) is -2.12. The van der Waals surface area contributed by atoms with Gasteiger partial charge in [-0.3, -0.25) is 18.7 Å². The second-order valence-corrected chi connectivity index (χ2v) is 18.1. The van der Waals surface area contributed by atoms with Gasteiger partial charge in [0, 0.05) is 46.2 Å². The topological polar surface area (TPSA) is 199 Å². The largest absolute Gasteiger partial charge is 0.491 e. The first-order valence-electron chi connectivity index (χ1n) is 14.2. The fourth-order valence-electron chi connectivity index (χ4n) is 5.86. The molecule has 3 unspecified atom stereocenters. The number of nitrogens with zero attached hydrogens (tertiary/aromatic N) is 1. The molecule has 0 aliphatic carbocycles. The predicted molar refractivity (Wildman–Crippen MR) is 171 cm³/mol. The number of nitrogens with one attached hydrogen (secondary N) is 2. The fourth-order valence-corrected chi connectivity index (χ4v) is 11.9. The summed E-state index contributed by atoms with van der Waals surface area (Å²) >= 11 is 1.30. The molecule has 4 rings (SSSR count). The van der Waals surface area contributed by atoms with E-state index in [2.05, 4.69) is 10.6 Å². The summed E-state index contributed by atoms with van der Waals surface area (Å²) in [6.45, 7) is 5.15. The van der Waals surface area contributed by atoms with Crippen molar-refractivity contribution in [3.05, 3.63) is 35.9 Å². The number of thioether (sulfide) groups is 1. The van der Waals surface area contributed by atoms with Crippen molar-refractivity contribution < 1.29 is 56.6 Å². The number of ether oxygens (including phenoxy) is 1. The van der Waals surface area contributed by atoms with Crippen molar-refractivity contribution in [3.8, 4) is 5.75 Å². The molecule has 2 heterocycles. The third kappa shape index (κ3) is 5.83. The number of aliphatic hydroxyl groups is 1. The van der Waals surface area contributed by atoms with Crippen LogP contribution in [0, 0.1) is 0 Å². The van der Waals surface area contributed by atoms with Gasteiger partial charge in [0.1, 0.15) is 17.5 Å². The van der Waals surface area contributed by atoms with Crippen LogP contribution >= 0.6 is 27.0 Å². The van der Waals surface area contributed by atoms with E-state index < -0.39 is 66.7 Å². The maximum atomic E-state index is 14.0. The lowest BCUT2D eigenvalue weighted by Crippen LogP contribution is -2.70. The Morgan fingerprint density at radius 1 is 1.07 bits per heavy atom. The molecule has 2 fully saturated rings. The van der Waals surface area contributed by atoms with Crippen molar-refractivity contribution in [1.29, 1.82) is 0 Å². The molecule has 2 aliphatic rings. The lowest BCUT2D eigenvalue weighted by Gasteiger charge is -2.43. The fraction of sp³-hybridized carbons (Fsp3) is 0.536. The second-order valence-electron chi connectivity index (χ2n) is 11.0. The highest BCUT2D eigenvalue weighted by Crippen LogP contribution is 2.76. The maximum Gasteiger partial charge on any atom is 0.374 e. The van der Waals surface area contributed by atoms with E-state index in [1.54, 1.807) is 51.1 Å². The Hall–Kier alpha value is -2.68. The number of carboxylic acid groups (broad SMARTS) is 1. The number of carbonyl (C=O) groups excluding carboxylic acids is 2. The van der Waals surface area contributed by atoms with Crippen molar-refractivity contribution in [1.82, 2.24) is 10.2 Å². The average molecular weight is 704 g/mol. The SMILES string of the molecule is CCOc1c(NCCC(O)(P(=O)(OC)OC)P(=O)(OC)OC)cc2ccccc2c1C(=O)NC1C(=O)N2C1SC(C)(C)C2C(=O)O. The Bertz CT molecular complexity index is 1580. The van der Waals surface area contributed by atoms with Crippen LogP contribution in [0.4, 0.5) is 5.69 Å². The summed E-state index contributed by atoms with van der Waals surface area (Å²) in [6, 6.07) is 6.70. The van der Waals surface area contributed by atoms with Crippen LogP contribution in [0.5, 0.6) is 5.75 Å². The van der Waals surface area contributed by atoms with Crippen LogP contribution in [0.1, 0.15) is 37.6 Å². The monoisotopic (exact) mass is 703 g/mol. The standard InChI is InChI=1S/C28H39N3O12P2S/c1-8-43-21-18(29-14-13-28(36,44(37,39-4)40-5)45(38,41-6)42-7)15-16-11-9-10-12-17(16)19(21)23(32)30-20-24(33)31-22(26(34)35)27(2,3)46-25(20)31/h9-12,15,20,22,25,29,36H,8,13-14H2,1-7H3,(H,30,32)(H,34,35). The molecule has 0 saturated carbocycles. The van der Waals surface area contributed by atoms with Crippen molar-refractivity contribution >= 4 is 61.2 Å². The number of hydrogen-bond acceptors (Lipinski definition) is 13. The zero-order chi connectivity index (χ0) is 34.2. The minimum Gasteiger partial charge on any atom is -0.491 e. The van der Waals surface area contributed by atoms with Crippen LogP contribution in [-0.2, 0) is 36.8 Å². The summed E-state index contributed by atoms with van der Waals surface area (Å²) in [4.78, 5) is 40.3. The number of carboxylic acids is 1. The summed E-state index contributed by atoms with van der Waals surface area (Å²) in [7, 11) is -4.86. The van der Waals surface area contributed by atoms with E-state index in [0.717, 1.165) is 28.4 Å². The zero-order valence-electron chi connectivity index (χ0n) is 26.5. The highest BCUT2D eigenvalue weighted by Gasteiger charge is 2.65. The van der Waals surface area contributed by atoms with E-state index >= 15 is 0 Å². The van der Waals surface area contributed by atoms with Crippen LogP contribution in [0.25, 0.3) is 10.8 Å².